The third-order valence-electron chi connectivity index (χ3n) is 4.87. The number of ether oxygens (including phenoxy) is 1. The normalized spacial score (nSPS) is 14.5. The molecular formula is C22H26FN3O3. The van der Waals surface area contributed by atoms with Gasteiger partial charge in [0.25, 0.3) is 0 Å². The number of rotatable bonds is 8. The minimum Gasteiger partial charge on any atom is -0.492 e. The van der Waals surface area contributed by atoms with E-state index >= 15 is 0 Å². The maximum atomic E-state index is 14.3. The summed E-state index contributed by atoms with van der Waals surface area (Å²) in [5.74, 6) is 0.191. The van der Waals surface area contributed by atoms with Gasteiger partial charge in [-0.25, -0.2) is 4.39 Å². The fourth-order valence-electron chi connectivity index (χ4n) is 3.26. The van der Waals surface area contributed by atoms with Gasteiger partial charge in [-0.3, -0.25) is 14.5 Å². The lowest BCUT2D eigenvalue weighted by Crippen LogP contribution is -2.50. The van der Waals surface area contributed by atoms with Crippen molar-refractivity contribution in [2.75, 3.05) is 50.8 Å². The fourth-order valence-corrected chi connectivity index (χ4v) is 3.26. The van der Waals surface area contributed by atoms with Crippen LogP contribution in [0.15, 0.2) is 48.5 Å². The summed E-state index contributed by atoms with van der Waals surface area (Å²) in [5, 5.41) is 2.86. The molecule has 0 unspecified atom stereocenters. The second kappa shape index (κ2) is 10.0. The third kappa shape index (κ3) is 6.02. The first kappa shape index (κ1) is 20.8. The zero-order valence-corrected chi connectivity index (χ0v) is 16.6. The molecule has 7 heteroatoms. The molecule has 0 radical (unpaired) electrons. The molecule has 1 aliphatic rings. The number of amides is 1. The van der Waals surface area contributed by atoms with Crippen LogP contribution in [0, 0.1) is 5.82 Å². The minimum absolute atomic E-state index is 0.0490. The average Bonchev–Trinajstić information content (AvgIpc) is 2.72. The van der Waals surface area contributed by atoms with E-state index in [1.54, 1.807) is 12.1 Å². The van der Waals surface area contributed by atoms with Gasteiger partial charge in [-0.15, -0.1) is 0 Å². The maximum Gasteiger partial charge on any atom is 0.234 e. The number of para-hydroxylation sites is 1. The summed E-state index contributed by atoms with van der Waals surface area (Å²) in [6.45, 7) is 5.18. The molecule has 0 atom stereocenters. The first-order valence-corrected chi connectivity index (χ1v) is 9.75. The lowest BCUT2D eigenvalue weighted by molar-refractivity contribution is -0.122. The van der Waals surface area contributed by atoms with Crippen LogP contribution in [0.2, 0.25) is 0 Å². The molecule has 0 spiro atoms. The van der Waals surface area contributed by atoms with Crippen LogP contribution in [0.25, 0.3) is 0 Å². The van der Waals surface area contributed by atoms with Crippen LogP contribution in [-0.2, 0) is 4.79 Å². The molecule has 29 heavy (non-hydrogen) atoms. The van der Waals surface area contributed by atoms with E-state index in [-0.39, 0.29) is 17.5 Å². The Morgan fingerprint density at radius 2 is 1.79 bits per heavy atom. The molecule has 1 fully saturated rings. The summed E-state index contributed by atoms with van der Waals surface area (Å²) in [6, 6.07) is 14.1. The number of ketones is 1. The van der Waals surface area contributed by atoms with Crippen LogP contribution in [0.4, 0.5) is 10.1 Å². The molecule has 6 nitrogen and oxygen atoms in total. The topological polar surface area (TPSA) is 61.9 Å². The van der Waals surface area contributed by atoms with E-state index < -0.39 is 0 Å². The highest BCUT2D eigenvalue weighted by molar-refractivity contribution is 5.94. The minimum atomic E-state index is -0.387. The van der Waals surface area contributed by atoms with Crippen molar-refractivity contribution in [1.82, 2.24) is 10.2 Å². The summed E-state index contributed by atoms with van der Waals surface area (Å²) in [4.78, 5) is 27.5. The number of hydrogen-bond acceptors (Lipinski definition) is 5. The molecule has 154 valence electrons. The third-order valence-corrected chi connectivity index (χ3v) is 4.87. The Labute approximate surface area is 170 Å². The van der Waals surface area contributed by atoms with Gasteiger partial charge >= 0.3 is 0 Å². The fraction of sp³-hybridized carbons (Fsp3) is 0.364. The highest BCUT2D eigenvalue weighted by atomic mass is 19.1. The largest absolute Gasteiger partial charge is 0.492 e. The monoisotopic (exact) mass is 399 g/mol. The first-order chi connectivity index (χ1) is 14.0. The highest BCUT2D eigenvalue weighted by Crippen LogP contribution is 2.22. The van der Waals surface area contributed by atoms with Crippen molar-refractivity contribution in [2.45, 2.75) is 6.92 Å². The number of Topliss-reactive ketones (excluding diaryl/α,β-unsaturated/α-hetero) is 1. The summed E-state index contributed by atoms with van der Waals surface area (Å²) < 4.78 is 19.9. The molecular weight excluding hydrogens is 373 g/mol. The van der Waals surface area contributed by atoms with E-state index in [2.05, 4.69) is 5.32 Å². The van der Waals surface area contributed by atoms with Crippen LogP contribution < -0.4 is 15.0 Å². The molecule has 2 aromatic carbocycles. The summed E-state index contributed by atoms with van der Waals surface area (Å²) in [5.41, 5.74) is 0.870. The van der Waals surface area contributed by atoms with Gasteiger partial charge < -0.3 is 15.0 Å². The summed E-state index contributed by atoms with van der Waals surface area (Å²) >= 11 is 0. The van der Waals surface area contributed by atoms with E-state index in [9.17, 15) is 14.0 Å². The Hall–Kier alpha value is -2.93. The molecule has 0 aliphatic carbocycles. The maximum absolute atomic E-state index is 14.3. The van der Waals surface area contributed by atoms with Crippen molar-refractivity contribution in [3.63, 3.8) is 0 Å². The van der Waals surface area contributed by atoms with Crippen molar-refractivity contribution in [2.24, 2.45) is 0 Å². The Balaban J connectivity index is 1.38. The number of nitrogens with zero attached hydrogens (tertiary/aromatic N) is 2. The Morgan fingerprint density at radius 3 is 2.45 bits per heavy atom. The van der Waals surface area contributed by atoms with Gasteiger partial charge in [-0.1, -0.05) is 18.2 Å². The van der Waals surface area contributed by atoms with Gasteiger partial charge in [-0.2, -0.15) is 0 Å². The van der Waals surface area contributed by atoms with E-state index in [0.717, 1.165) is 5.75 Å². The number of halogens is 1. The standard InChI is InChI=1S/C22H26FN3O3/c1-17(27)18-7-8-21(20(23)15-18)26-12-10-25(11-13-26)16-22(28)24-9-14-29-19-5-3-2-4-6-19/h2-8,15H,9-14,16H2,1H3,(H,24,28). The molecule has 3 rings (SSSR count). The number of piperazine rings is 1. The molecule has 0 aromatic heterocycles. The van der Waals surface area contributed by atoms with Gasteiger partial charge in [-0.05, 0) is 37.3 Å². The zero-order chi connectivity index (χ0) is 20.6. The van der Waals surface area contributed by atoms with Crippen molar-refractivity contribution in [1.29, 1.82) is 0 Å². The molecule has 0 bridgehead atoms. The van der Waals surface area contributed by atoms with Crippen molar-refractivity contribution in [3.8, 4) is 5.75 Å². The van der Waals surface area contributed by atoms with Crippen LogP contribution >= 0.6 is 0 Å². The molecule has 2 aromatic rings. The van der Waals surface area contributed by atoms with Gasteiger partial charge in [0.1, 0.15) is 18.2 Å². The number of carbonyl (C=O) groups is 2. The van der Waals surface area contributed by atoms with Crippen molar-refractivity contribution in [3.05, 3.63) is 59.9 Å². The second-order valence-electron chi connectivity index (χ2n) is 7.00. The lowest BCUT2D eigenvalue weighted by atomic mass is 10.1. The number of anilines is 1. The SMILES string of the molecule is CC(=O)c1ccc(N2CCN(CC(=O)NCCOc3ccccc3)CC2)c(F)c1. The van der Waals surface area contributed by atoms with E-state index in [4.69, 9.17) is 4.74 Å². The molecule has 1 saturated heterocycles. The number of hydrogen-bond donors (Lipinski definition) is 1. The van der Waals surface area contributed by atoms with Crippen LogP contribution in [-0.4, -0.2) is 62.5 Å². The smallest absolute Gasteiger partial charge is 0.234 e. The molecule has 0 saturated carbocycles. The van der Waals surface area contributed by atoms with Crippen LogP contribution in [0.5, 0.6) is 5.75 Å². The van der Waals surface area contributed by atoms with Crippen molar-refractivity contribution >= 4 is 17.4 Å². The molecule has 1 heterocycles. The van der Waals surface area contributed by atoms with Gasteiger partial charge in [0, 0.05) is 31.7 Å². The number of benzene rings is 2. The Kier molecular flexibility index (Phi) is 7.19. The second-order valence-corrected chi connectivity index (χ2v) is 7.00. The highest BCUT2D eigenvalue weighted by Gasteiger charge is 2.21. The van der Waals surface area contributed by atoms with Gasteiger partial charge in [0.2, 0.25) is 5.91 Å². The van der Waals surface area contributed by atoms with Gasteiger partial charge in [0.05, 0.1) is 18.8 Å². The number of nitrogens with one attached hydrogen (secondary N) is 1. The van der Waals surface area contributed by atoms with E-state index in [1.165, 1.54) is 13.0 Å². The van der Waals surface area contributed by atoms with Crippen LogP contribution in [0.1, 0.15) is 17.3 Å². The molecule has 1 N–H and O–H groups in total. The Morgan fingerprint density at radius 1 is 1.07 bits per heavy atom. The van der Waals surface area contributed by atoms with E-state index in [0.29, 0.717) is 57.1 Å². The first-order valence-electron chi connectivity index (χ1n) is 9.75. The van der Waals surface area contributed by atoms with Crippen molar-refractivity contribution < 1.29 is 18.7 Å². The summed E-state index contributed by atoms with van der Waals surface area (Å²) in [6.07, 6.45) is 0. The van der Waals surface area contributed by atoms with Gasteiger partial charge in [0.15, 0.2) is 5.78 Å². The molecule has 1 amide bonds. The predicted molar refractivity (Wildman–Crippen MR) is 110 cm³/mol. The number of carbonyl (C=O) groups excluding carboxylic acids is 2. The zero-order valence-electron chi connectivity index (χ0n) is 16.6. The summed E-state index contributed by atoms with van der Waals surface area (Å²) in [7, 11) is 0. The lowest BCUT2D eigenvalue weighted by Gasteiger charge is -2.35. The average molecular weight is 399 g/mol. The molecule has 1 aliphatic heterocycles. The quantitative estimate of drug-likeness (QED) is 0.545. The Bertz CT molecular complexity index is 836. The predicted octanol–water partition coefficient (Wildman–Crippen LogP) is 2.35. The van der Waals surface area contributed by atoms with E-state index in [1.807, 2.05) is 40.1 Å². The van der Waals surface area contributed by atoms with Crippen LogP contribution in [0.3, 0.4) is 0 Å².